The first-order valence-electron chi connectivity index (χ1n) is 5.72. The van der Waals surface area contributed by atoms with Gasteiger partial charge in [-0.05, 0) is 37.6 Å². The third-order valence-corrected chi connectivity index (χ3v) is 3.19. The van der Waals surface area contributed by atoms with Crippen molar-refractivity contribution in [3.63, 3.8) is 0 Å². The molecule has 0 saturated carbocycles. The molecule has 0 unspecified atom stereocenters. The highest BCUT2D eigenvalue weighted by molar-refractivity contribution is 9.10. The summed E-state index contributed by atoms with van der Waals surface area (Å²) in [6.07, 6.45) is 0. The standard InChI is InChI=1S/C14H13BrN2O2/c1-8-4-5-10(15)7-11(8)12-6-9(2)16-13(17-12)14(18)19-3/h4-7H,1-3H3. The molecule has 0 atom stereocenters. The lowest BCUT2D eigenvalue weighted by atomic mass is 10.1. The number of carbonyl (C=O) groups excluding carboxylic acids is 1. The highest BCUT2D eigenvalue weighted by atomic mass is 79.9. The van der Waals surface area contributed by atoms with Gasteiger partial charge in [0.05, 0.1) is 12.8 Å². The smallest absolute Gasteiger partial charge is 0.376 e. The van der Waals surface area contributed by atoms with Gasteiger partial charge in [0.15, 0.2) is 0 Å². The van der Waals surface area contributed by atoms with Crippen LogP contribution in [0.15, 0.2) is 28.7 Å². The minimum atomic E-state index is -0.530. The van der Waals surface area contributed by atoms with Crippen LogP contribution in [0.25, 0.3) is 11.3 Å². The summed E-state index contributed by atoms with van der Waals surface area (Å²) in [5.74, 6) is -0.450. The molecule has 1 aromatic heterocycles. The Balaban J connectivity index is 2.59. The summed E-state index contributed by atoms with van der Waals surface area (Å²) in [4.78, 5) is 19.9. The molecule has 0 bridgehead atoms. The second-order valence-electron chi connectivity index (χ2n) is 4.17. The third kappa shape index (κ3) is 2.98. The van der Waals surface area contributed by atoms with Gasteiger partial charge >= 0.3 is 5.97 Å². The molecular weight excluding hydrogens is 308 g/mol. The van der Waals surface area contributed by atoms with Crippen molar-refractivity contribution in [1.82, 2.24) is 9.97 Å². The number of esters is 1. The van der Waals surface area contributed by atoms with E-state index in [9.17, 15) is 4.79 Å². The predicted octanol–water partition coefficient (Wildman–Crippen LogP) is 3.31. The van der Waals surface area contributed by atoms with Crippen molar-refractivity contribution >= 4 is 21.9 Å². The Morgan fingerprint density at radius 2 is 1.95 bits per heavy atom. The number of nitrogens with zero attached hydrogens (tertiary/aromatic N) is 2. The number of hydrogen-bond donors (Lipinski definition) is 0. The average molecular weight is 321 g/mol. The van der Waals surface area contributed by atoms with Crippen molar-refractivity contribution < 1.29 is 9.53 Å². The Hall–Kier alpha value is -1.75. The maximum atomic E-state index is 11.5. The van der Waals surface area contributed by atoms with E-state index in [1.807, 2.05) is 38.1 Å². The largest absolute Gasteiger partial charge is 0.463 e. The fourth-order valence-electron chi connectivity index (χ4n) is 1.76. The fraction of sp³-hybridized carbons (Fsp3) is 0.214. The van der Waals surface area contributed by atoms with Crippen LogP contribution in [0.4, 0.5) is 0 Å². The molecule has 2 aromatic rings. The molecular formula is C14H13BrN2O2. The van der Waals surface area contributed by atoms with Gasteiger partial charge in [-0.1, -0.05) is 22.0 Å². The molecule has 1 aromatic carbocycles. The summed E-state index contributed by atoms with van der Waals surface area (Å²) in [5, 5.41) is 0. The maximum Gasteiger partial charge on any atom is 0.376 e. The molecule has 4 nitrogen and oxygen atoms in total. The minimum Gasteiger partial charge on any atom is -0.463 e. The monoisotopic (exact) mass is 320 g/mol. The predicted molar refractivity (Wildman–Crippen MR) is 76.0 cm³/mol. The van der Waals surface area contributed by atoms with Gasteiger partial charge in [-0.25, -0.2) is 14.8 Å². The van der Waals surface area contributed by atoms with E-state index in [4.69, 9.17) is 0 Å². The van der Waals surface area contributed by atoms with Crippen LogP contribution in [0.5, 0.6) is 0 Å². The minimum absolute atomic E-state index is 0.0804. The van der Waals surface area contributed by atoms with Crippen LogP contribution in [0.2, 0.25) is 0 Å². The van der Waals surface area contributed by atoms with E-state index >= 15 is 0 Å². The van der Waals surface area contributed by atoms with Gasteiger partial charge in [-0.3, -0.25) is 0 Å². The summed E-state index contributed by atoms with van der Waals surface area (Å²) < 4.78 is 5.62. The van der Waals surface area contributed by atoms with Crippen LogP contribution in [-0.2, 0) is 4.74 Å². The second kappa shape index (κ2) is 5.48. The van der Waals surface area contributed by atoms with Gasteiger partial charge in [0.2, 0.25) is 5.82 Å². The first kappa shape index (κ1) is 13.7. The van der Waals surface area contributed by atoms with E-state index in [-0.39, 0.29) is 5.82 Å². The second-order valence-corrected chi connectivity index (χ2v) is 5.08. The molecule has 1 heterocycles. The maximum absolute atomic E-state index is 11.5. The Kier molecular flexibility index (Phi) is 3.95. The zero-order valence-electron chi connectivity index (χ0n) is 10.9. The molecule has 0 radical (unpaired) electrons. The van der Waals surface area contributed by atoms with Gasteiger partial charge in [0, 0.05) is 15.7 Å². The molecule has 0 aliphatic heterocycles. The van der Waals surface area contributed by atoms with Gasteiger partial charge in [-0.15, -0.1) is 0 Å². The number of carbonyl (C=O) groups is 1. The van der Waals surface area contributed by atoms with Crippen LogP contribution in [0.3, 0.4) is 0 Å². The van der Waals surface area contributed by atoms with Crippen molar-refractivity contribution in [2.24, 2.45) is 0 Å². The number of aryl methyl sites for hydroxylation is 2. The number of ether oxygens (including phenoxy) is 1. The first-order valence-corrected chi connectivity index (χ1v) is 6.51. The van der Waals surface area contributed by atoms with Crippen LogP contribution in [-0.4, -0.2) is 23.0 Å². The van der Waals surface area contributed by atoms with Crippen molar-refractivity contribution in [1.29, 1.82) is 0 Å². The Labute approximate surface area is 120 Å². The van der Waals surface area contributed by atoms with Gasteiger partial charge in [0.25, 0.3) is 0 Å². The van der Waals surface area contributed by atoms with E-state index in [0.717, 1.165) is 21.3 Å². The Morgan fingerprint density at radius 3 is 2.63 bits per heavy atom. The van der Waals surface area contributed by atoms with Crippen LogP contribution in [0.1, 0.15) is 21.9 Å². The number of methoxy groups -OCH3 is 1. The zero-order chi connectivity index (χ0) is 14.0. The van der Waals surface area contributed by atoms with E-state index in [1.165, 1.54) is 7.11 Å². The molecule has 98 valence electrons. The third-order valence-electron chi connectivity index (χ3n) is 2.70. The van der Waals surface area contributed by atoms with Crippen molar-refractivity contribution in [3.8, 4) is 11.3 Å². The number of rotatable bonds is 2. The molecule has 0 amide bonds. The normalized spacial score (nSPS) is 10.3. The average Bonchev–Trinajstić information content (AvgIpc) is 2.39. The highest BCUT2D eigenvalue weighted by Crippen LogP contribution is 2.25. The fourth-order valence-corrected chi connectivity index (χ4v) is 2.12. The van der Waals surface area contributed by atoms with E-state index in [2.05, 4.69) is 30.6 Å². The molecule has 0 fully saturated rings. The summed E-state index contributed by atoms with van der Waals surface area (Å²) in [6, 6.07) is 7.78. The Morgan fingerprint density at radius 1 is 1.21 bits per heavy atom. The van der Waals surface area contributed by atoms with Gasteiger partial charge in [-0.2, -0.15) is 0 Å². The van der Waals surface area contributed by atoms with Gasteiger partial charge < -0.3 is 4.74 Å². The molecule has 0 aliphatic rings. The SMILES string of the molecule is COC(=O)c1nc(C)cc(-c2cc(Br)ccc2C)n1. The summed E-state index contributed by atoms with van der Waals surface area (Å²) in [5.41, 5.74) is 3.48. The lowest BCUT2D eigenvalue weighted by Crippen LogP contribution is -2.09. The van der Waals surface area contributed by atoms with E-state index in [1.54, 1.807) is 0 Å². The Bertz CT molecular complexity index is 641. The quantitative estimate of drug-likeness (QED) is 0.796. The number of aromatic nitrogens is 2. The number of hydrogen-bond acceptors (Lipinski definition) is 4. The van der Waals surface area contributed by atoms with E-state index < -0.39 is 5.97 Å². The first-order chi connectivity index (χ1) is 9.01. The summed E-state index contributed by atoms with van der Waals surface area (Å²) >= 11 is 3.44. The summed E-state index contributed by atoms with van der Waals surface area (Å²) in [6.45, 7) is 3.82. The van der Waals surface area contributed by atoms with Crippen molar-refractivity contribution in [2.75, 3.05) is 7.11 Å². The lowest BCUT2D eigenvalue weighted by Gasteiger charge is -2.08. The zero-order valence-corrected chi connectivity index (χ0v) is 12.5. The van der Waals surface area contributed by atoms with E-state index in [0.29, 0.717) is 5.69 Å². The molecule has 0 saturated heterocycles. The highest BCUT2D eigenvalue weighted by Gasteiger charge is 2.13. The topological polar surface area (TPSA) is 52.1 Å². The van der Waals surface area contributed by atoms with Crippen molar-refractivity contribution in [2.45, 2.75) is 13.8 Å². The molecule has 0 aliphatic carbocycles. The van der Waals surface area contributed by atoms with Crippen molar-refractivity contribution in [3.05, 3.63) is 45.8 Å². The van der Waals surface area contributed by atoms with Crippen LogP contribution < -0.4 is 0 Å². The number of benzene rings is 1. The van der Waals surface area contributed by atoms with Crippen LogP contribution >= 0.6 is 15.9 Å². The molecule has 0 spiro atoms. The molecule has 19 heavy (non-hydrogen) atoms. The molecule has 0 N–H and O–H groups in total. The molecule has 5 heteroatoms. The molecule has 2 rings (SSSR count). The van der Waals surface area contributed by atoms with Crippen LogP contribution in [0, 0.1) is 13.8 Å². The number of halogens is 1. The van der Waals surface area contributed by atoms with Gasteiger partial charge in [0.1, 0.15) is 0 Å². The summed E-state index contributed by atoms with van der Waals surface area (Å²) in [7, 11) is 1.32. The lowest BCUT2D eigenvalue weighted by molar-refractivity contribution is 0.0586.